The summed E-state index contributed by atoms with van der Waals surface area (Å²) in [5.74, 6) is 0.0396. The lowest BCUT2D eigenvalue weighted by Gasteiger charge is -2.32. The van der Waals surface area contributed by atoms with Gasteiger partial charge in [-0.2, -0.15) is 0 Å². The Balaban J connectivity index is 1.47. The topological polar surface area (TPSA) is 75.5 Å². The van der Waals surface area contributed by atoms with Crippen molar-refractivity contribution >= 4 is 11.6 Å². The maximum Gasteiger partial charge on any atom is 0.282 e. The van der Waals surface area contributed by atoms with Crippen molar-refractivity contribution in [2.24, 2.45) is 5.92 Å². The number of benzene rings is 2. The summed E-state index contributed by atoms with van der Waals surface area (Å²) in [4.78, 5) is 25.2. The van der Waals surface area contributed by atoms with Crippen LogP contribution in [-0.2, 0) is 6.54 Å². The standard InChI is InChI=1S/C20H23N3O3/c24-20(18-8-4-5-9-19(18)23(25)26)21-14-16-10-12-22(13-11-16)15-17-6-2-1-3-7-17/h1-9,16H,10-15H2,(H,21,24). The average Bonchev–Trinajstić information content (AvgIpc) is 2.68. The monoisotopic (exact) mass is 353 g/mol. The van der Waals surface area contributed by atoms with E-state index in [1.54, 1.807) is 12.1 Å². The molecule has 0 atom stereocenters. The molecule has 3 rings (SSSR count). The first-order valence-electron chi connectivity index (χ1n) is 8.91. The lowest BCUT2D eigenvalue weighted by molar-refractivity contribution is -0.385. The molecule has 1 amide bonds. The van der Waals surface area contributed by atoms with E-state index in [2.05, 4.69) is 34.5 Å². The second kappa shape index (κ2) is 8.58. The predicted molar refractivity (Wildman–Crippen MR) is 99.9 cm³/mol. The quantitative estimate of drug-likeness (QED) is 0.639. The van der Waals surface area contributed by atoms with Crippen LogP contribution in [0.15, 0.2) is 54.6 Å². The van der Waals surface area contributed by atoms with Gasteiger partial charge in [-0.1, -0.05) is 42.5 Å². The van der Waals surface area contributed by atoms with Crippen molar-refractivity contribution in [1.82, 2.24) is 10.2 Å². The van der Waals surface area contributed by atoms with Crippen molar-refractivity contribution in [3.8, 4) is 0 Å². The van der Waals surface area contributed by atoms with Crippen molar-refractivity contribution < 1.29 is 9.72 Å². The summed E-state index contributed by atoms with van der Waals surface area (Å²) >= 11 is 0. The smallest absolute Gasteiger partial charge is 0.282 e. The summed E-state index contributed by atoms with van der Waals surface area (Å²) in [7, 11) is 0. The summed E-state index contributed by atoms with van der Waals surface area (Å²) in [6.45, 7) is 3.52. The van der Waals surface area contributed by atoms with Crippen molar-refractivity contribution in [2.75, 3.05) is 19.6 Å². The number of carbonyl (C=O) groups is 1. The highest BCUT2D eigenvalue weighted by Crippen LogP contribution is 2.20. The van der Waals surface area contributed by atoms with Gasteiger partial charge in [0.05, 0.1) is 4.92 Å². The van der Waals surface area contributed by atoms with Gasteiger partial charge in [-0.25, -0.2) is 0 Å². The Hall–Kier alpha value is -2.73. The highest BCUT2D eigenvalue weighted by atomic mass is 16.6. The molecule has 0 saturated carbocycles. The lowest BCUT2D eigenvalue weighted by atomic mass is 9.96. The fraction of sp³-hybridized carbons (Fsp3) is 0.350. The number of nitro benzene ring substituents is 1. The minimum atomic E-state index is -0.517. The van der Waals surface area contributed by atoms with E-state index in [1.807, 2.05) is 6.07 Å². The highest BCUT2D eigenvalue weighted by Gasteiger charge is 2.22. The fourth-order valence-corrected chi connectivity index (χ4v) is 3.35. The number of likely N-dealkylation sites (tertiary alicyclic amines) is 1. The maximum absolute atomic E-state index is 12.3. The third-order valence-electron chi connectivity index (χ3n) is 4.85. The number of rotatable bonds is 6. The van der Waals surface area contributed by atoms with E-state index in [0.29, 0.717) is 12.5 Å². The van der Waals surface area contributed by atoms with E-state index in [1.165, 1.54) is 17.7 Å². The number of nitrogens with one attached hydrogen (secondary N) is 1. The average molecular weight is 353 g/mol. The maximum atomic E-state index is 12.3. The van der Waals surface area contributed by atoms with Gasteiger partial charge in [0.15, 0.2) is 0 Å². The molecule has 0 bridgehead atoms. The van der Waals surface area contributed by atoms with Gasteiger partial charge >= 0.3 is 0 Å². The van der Waals surface area contributed by atoms with Crippen LogP contribution in [0, 0.1) is 16.0 Å². The molecular formula is C20H23N3O3. The second-order valence-corrected chi connectivity index (χ2v) is 6.69. The Morgan fingerprint density at radius 1 is 1.08 bits per heavy atom. The van der Waals surface area contributed by atoms with E-state index < -0.39 is 4.92 Å². The van der Waals surface area contributed by atoms with Crippen LogP contribution in [0.4, 0.5) is 5.69 Å². The van der Waals surface area contributed by atoms with Crippen LogP contribution in [-0.4, -0.2) is 35.4 Å². The molecule has 1 fully saturated rings. The van der Waals surface area contributed by atoms with Gasteiger partial charge in [0, 0.05) is 19.2 Å². The number of nitrogens with zero attached hydrogens (tertiary/aromatic N) is 2. The summed E-state index contributed by atoms with van der Waals surface area (Å²) in [5.41, 5.74) is 1.29. The van der Waals surface area contributed by atoms with Gasteiger partial charge in [0.25, 0.3) is 11.6 Å². The van der Waals surface area contributed by atoms with E-state index in [9.17, 15) is 14.9 Å². The van der Waals surface area contributed by atoms with Crippen LogP contribution >= 0.6 is 0 Å². The van der Waals surface area contributed by atoms with Crippen molar-refractivity contribution in [3.05, 3.63) is 75.8 Å². The van der Waals surface area contributed by atoms with E-state index in [0.717, 1.165) is 32.5 Å². The first-order valence-corrected chi connectivity index (χ1v) is 8.91. The number of amides is 1. The number of hydrogen-bond donors (Lipinski definition) is 1. The number of carbonyl (C=O) groups excluding carboxylic acids is 1. The molecule has 26 heavy (non-hydrogen) atoms. The van der Waals surface area contributed by atoms with E-state index in [-0.39, 0.29) is 17.2 Å². The summed E-state index contributed by atoms with van der Waals surface area (Å²) in [6, 6.07) is 16.5. The lowest BCUT2D eigenvalue weighted by Crippen LogP contribution is -2.38. The zero-order valence-electron chi connectivity index (χ0n) is 14.6. The van der Waals surface area contributed by atoms with Crippen LogP contribution in [0.5, 0.6) is 0 Å². The van der Waals surface area contributed by atoms with Crippen LogP contribution in [0.2, 0.25) is 0 Å². The molecule has 1 saturated heterocycles. The molecular weight excluding hydrogens is 330 g/mol. The Morgan fingerprint density at radius 2 is 1.73 bits per heavy atom. The zero-order chi connectivity index (χ0) is 18.4. The van der Waals surface area contributed by atoms with Gasteiger partial charge in [-0.3, -0.25) is 19.8 Å². The molecule has 0 radical (unpaired) electrons. The van der Waals surface area contributed by atoms with Crippen LogP contribution in [0.1, 0.15) is 28.8 Å². The van der Waals surface area contributed by atoms with Crippen LogP contribution in [0.25, 0.3) is 0 Å². The number of para-hydroxylation sites is 1. The first-order chi connectivity index (χ1) is 12.6. The van der Waals surface area contributed by atoms with Gasteiger partial charge in [-0.05, 0) is 43.5 Å². The molecule has 1 N–H and O–H groups in total. The Morgan fingerprint density at radius 3 is 2.42 bits per heavy atom. The first kappa shape index (κ1) is 18.1. The fourth-order valence-electron chi connectivity index (χ4n) is 3.35. The van der Waals surface area contributed by atoms with E-state index in [4.69, 9.17) is 0 Å². The summed E-state index contributed by atoms with van der Waals surface area (Å²) in [5, 5.41) is 13.9. The largest absolute Gasteiger partial charge is 0.352 e. The molecule has 6 nitrogen and oxygen atoms in total. The van der Waals surface area contributed by atoms with E-state index >= 15 is 0 Å². The number of piperidine rings is 1. The predicted octanol–water partition coefficient (Wildman–Crippen LogP) is 3.24. The minimum Gasteiger partial charge on any atom is -0.352 e. The third kappa shape index (κ3) is 4.67. The second-order valence-electron chi connectivity index (χ2n) is 6.69. The van der Waals surface area contributed by atoms with Crippen molar-refractivity contribution in [3.63, 3.8) is 0 Å². The Labute approximate surface area is 153 Å². The zero-order valence-corrected chi connectivity index (χ0v) is 14.6. The van der Waals surface area contributed by atoms with Gasteiger partial charge in [0.2, 0.25) is 0 Å². The molecule has 2 aromatic carbocycles. The highest BCUT2D eigenvalue weighted by molar-refractivity contribution is 5.98. The summed E-state index contributed by atoms with van der Waals surface area (Å²) in [6.07, 6.45) is 2.04. The van der Waals surface area contributed by atoms with Crippen LogP contribution in [0.3, 0.4) is 0 Å². The third-order valence-corrected chi connectivity index (χ3v) is 4.85. The molecule has 2 aromatic rings. The van der Waals surface area contributed by atoms with Crippen LogP contribution < -0.4 is 5.32 Å². The minimum absolute atomic E-state index is 0.124. The van der Waals surface area contributed by atoms with Gasteiger partial charge in [-0.15, -0.1) is 0 Å². The molecule has 1 aliphatic rings. The van der Waals surface area contributed by atoms with Crippen molar-refractivity contribution in [2.45, 2.75) is 19.4 Å². The molecule has 136 valence electrons. The molecule has 0 spiro atoms. The Kier molecular flexibility index (Phi) is 5.96. The van der Waals surface area contributed by atoms with Gasteiger partial charge in [0.1, 0.15) is 5.56 Å². The molecule has 0 aromatic heterocycles. The van der Waals surface area contributed by atoms with Gasteiger partial charge < -0.3 is 5.32 Å². The SMILES string of the molecule is O=C(NCC1CCN(Cc2ccccc2)CC1)c1ccccc1[N+](=O)[O-]. The number of nitro groups is 1. The molecule has 0 aliphatic carbocycles. The number of hydrogen-bond acceptors (Lipinski definition) is 4. The Bertz CT molecular complexity index is 756. The molecule has 1 aliphatic heterocycles. The normalized spacial score (nSPS) is 15.5. The van der Waals surface area contributed by atoms with Crippen molar-refractivity contribution in [1.29, 1.82) is 0 Å². The molecule has 0 unspecified atom stereocenters. The molecule has 1 heterocycles. The molecule has 6 heteroatoms. The summed E-state index contributed by atoms with van der Waals surface area (Å²) < 4.78 is 0.